The summed E-state index contributed by atoms with van der Waals surface area (Å²) in [6.07, 6.45) is 1.84. The molecule has 39 heavy (non-hydrogen) atoms. The smallest absolute Gasteiger partial charge is 0.161 e. The topological polar surface area (TPSA) is 79.3 Å². The molecule has 3 aromatic rings. The summed E-state index contributed by atoms with van der Waals surface area (Å²) < 4.78 is 6.05. The van der Waals surface area contributed by atoms with Gasteiger partial charge in [-0.3, -0.25) is 9.69 Å². The lowest BCUT2D eigenvalue weighted by atomic mass is 9.74. The number of nitriles is 1. The van der Waals surface area contributed by atoms with E-state index in [0.717, 1.165) is 45.6 Å². The highest BCUT2D eigenvalue weighted by Crippen LogP contribution is 2.47. The van der Waals surface area contributed by atoms with Gasteiger partial charge in [-0.15, -0.1) is 0 Å². The van der Waals surface area contributed by atoms with Crippen molar-refractivity contribution in [3.05, 3.63) is 115 Å². The molecule has 0 amide bonds. The minimum absolute atomic E-state index is 0.0450. The lowest BCUT2D eigenvalue weighted by molar-refractivity contribution is -0.116. The van der Waals surface area contributed by atoms with Gasteiger partial charge in [0.15, 0.2) is 5.78 Å². The molecule has 7 heteroatoms. The average Bonchev–Trinajstić information content (AvgIpc) is 2.90. The van der Waals surface area contributed by atoms with Crippen LogP contribution in [-0.4, -0.2) is 5.78 Å². The van der Waals surface area contributed by atoms with E-state index in [-0.39, 0.29) is 5.78 Å². The molecule has 1 aliphatic heterocycles. The van der Waals surface area contributed by atoms with Gasteiger partial charge in [0, 0.05) is 33.4 Å². The summed E-state index contributed by atoms with van der Waals surface area (Å²) in [5.74, 6) is 0.531. The van der Waals surface area contributed by atoms with E-state index in [1.807, 2.05) is 56.0 Å². The molecule has 2 aliphatic rings. The summed E-state index contributed by atoms with van der Waals surface area (Å²) in [4.78, 5) is 15.4. The van der Waals surface area contributed by atoms with E-state index in [4.69, 9.17) is 33.7 Å². The number of carbonyl (C=O) groups excluding carboxylic acids is 1. The standard InChI is InChI=1S/C32H29Cl2N3O2/c1-18-7-10-23(15-27(18)34)37-28-5-4-6-29(38)31(28)30(26(16-35)32(37)36)25-14-21(19(2)13-20(25)3)17-39-24-11-8-22(33)9-12-24/h7-15,30H,4-6,17,36H2,1-3H3. The molecule has 1 aliphatic carbocycles. The van der Waals surface area contributed by atoms with Crippen LogP contribution in [0.1, 0.15) is 53.0 Å². The summed E-state index contributed by atoms with van der Waals surface area (Å²) in [6.45, 7) is 6.31. The van der Waals surface area contributed by atoms with E-state index in [9.17, 15) is 10.1 Å². The van der Waals surface area contributed by atoms with Crippen LogP contribution in [-0.2, 0) is 11.4 Å². The summed E-state index contributed by atoms with van der Waals surface area (Å²) in [7, 11) is 0. The second-order valence-corrected chi connectivity index (χ2v) is 11.0. The first-order valence-corrected chi connectivity index (χ1v) is 13.7. The number of ketones is 1. The Labute approximate surface area is 239 Å². The van der Waals surface area contributed by atoms with Crippen molar-refractivity contribution < 1.29 is 9.53 Å². The van der Waals surface area contributed by atoms with Gasteiger partial charge in [-0.05, 0) is 97.8 Å². The second kappa shape index (κ2) is 10.8. The van der Waals surface area contributed by atoms with Crippen LogP contribution in [0.2, 0.25) is 10.0 Å². The Balaban J connectivity index is 1.62. The molecule has 2 N–H and O–H groups in total. The predicted octanol–water partition coefficient (Wildman–Crippen LogP) is 7.80. The number of Topliss-reactive ketones (excluding diaryl/α,β-unsaturated/α-hetero) is 1. The van der Waals surface area contributed by atoms with Crippen LogP contribution in [0.3, 0.4) is 0 Å². The zero-order valence-electron chi connectivity index (χ0n) is 22.1. The van der Waals surface area contributed by atoms with Gasteiger partial charge in [0.1, 0.15) is 18.2 Å². The number of halogens is 2. The Bertz CT molecular complexity index is 1580. The molecule has 5 nitrogen and oxygen atoms in total. The first kappa shape index (κ1) is 26.9. The Morgan fingerprint density at radius 2 is 1.74 bits per heavy atom. The van der Waals surface area contributed by atoms with Crippen LogP contribution in [0.15, 0.2) is 77.3 Å². The van der Waals surface area contributed by atoms with Crippen molar-refractivity contribution in [3.63, 3.8) is 0 Å². The Kier molecular flexibility index (Phi) is 7.44. The SMILES string of the molecule is Cc1ccc(N2C(N)=C(C#N)C(c3cc(COc4ccc(Cl)cc4)c(C)cc3C)C3=C2CCCC3=O)cc1Cl. The molecule has 0 spiro atoms. The Hall–Kier alpha value is -3.72. The van der Waals surface area contributed by atoms with Crippen molar-refractivity contribution in [2.75, 3.05) is 4.90 Å². The van der Waals surface area contributed by atoms with Crippen LogP contribution >= 0.6 is 23.2 Å². The molecule has 1 unspecified atom stereocenters. The highest BCUT2D eigenvalue weighted by molar-refractivity contribution is 6.31. The molecule has 3 aromatic carbocycles. The van der Waals surface area contributed by atoms with E-state index in [2.05, 4.69) is 18.2 Å². The van der Waals surface area contributed by atoms with Crippen molar-refractivity contribution >= 4 is 34.7 Å². The molecule has 1 atom stereocenters. The highest BCUT2D eigenvalue weighted by Gasteiger charge is 2.41. The molecule has 0 aromatic heterocycles. The molecule has 1 heterocycles. The number of benzene rings is 3. The lowest BCUT2D eigenvalue weighted by Crippen LogP contribution is -2.39. The monoisotopic (exact) mass is 557 g/mol. The van der Waals surface area contributed by atoms with Gasteiger partial charge in [-0.25, -0.2) is 0 Å². The lowest BCUT2D eigenvalue weighted by Gasteiger charge is -2.40. The number of allylic oxidation sites excluding steroid dienone is 3. The van der Waals surface area contributed by atoms with E-state index < -0.39 is 5.92 Å². The first-order chi connectivity index (χ1) is 18.7. The van der Waals surface area contributed by atoms with Gasteiger partial charge in [-0.2, -0.15) is 5.26 Å². The van der Waals surface area contributed by atoms with Crippen LogP contribution in [0.4, 0.5) is 5.69 Å². The van der Waals surface area contributed by atoms with Crippen LogP contribution in [0.5, 0.6) is 5.75 Å². The van der Waals surface area contributed by atoms with Gasteiger partial charge in [0.2, 0.25) is 0 Å². The first-order valence-electron chi connectivity index (χ1n) is 12.9. The third-order valence-electron chi connectivity index (χ3n) is 7.57. The fraction of sp³-hybridized carbons (Fsp3) is 0.250. The van der Waals surface area contributed by atoms with Crippen LogP contribution in [0.25, 0.3) is 0 Å². The third-order valence-corrected chi connectivity index (χ3v) is 8.23. The van der Waals surface area contributed by atoms with Crippen molar-refractivity contribution in [2.45, 2.75) is 52.6 Å². The number of hydrogen-bond donors (Lipinski definition) is 1. The van der Waals surface area contributed by atoms with E-state index in [1.165, 1.54) is 0 Å². The van der Waals surface area contributed by atoms with E-state index >= 15 is 0 Å². The van der Waals surface area contributed by atoms with Crippen molar-refractivity contribution in [1.82, 2.24) is 0 Å². The summed E-state index contributed by atoms with van der Waals surface area (Å²) >= 11 is 12.5. The molecule has 0 fully saturated rings. The van der Waals surface area contributed by atoms with Gasteiger partial charge in [-0.1, -0.05) is 41.4 Å². The molecule has 0 radical (unpaired) electrons. The number of ether oxygens (including phenoxy) is 1. The fourth-order valence-corrected chi connectivity index (χ4v) is 5.79. The molecule has 0 bridgehead atoms. The molecular formula is C32H29Cl2N3O2. The van der Waals surface area contributed by atoms with Crippen molar-refractivity contribution in [2.24, 2.45) is 5.73 Å². The van der Waals surface area contributed by atoms with Gasteiger partial charge in [0.25, 0.3) is 0 Å². The Morgan fingerprint density at radius 3 is 2.44 bits per heavy atom. The normalized spacial score (nSPS) is 17.3. The van der Waals surface area contributed by atoms with Crippen LogP contribution in [0, 0.1) is 32.1 Å². The zero-order valence-corrected chi connectivity index (χ0v) is 23.7. The quantitative estimate of drug-likeness (QED) is 0.346. The molecular weight excluding hydrogens is 529 g/mol. The van der Waals surface area contributed by atoms with Gasteiger partial charge >= 0.3 is 0 Å². The summed E-state index contributed by atoms with van der Waals surface area (Å²) in [5, 5.41) is 11.7. The molecule has 0 saturated carbocycles. The number of nitrogens with two attached hydrogens (primary N) is 1. The zero-order chi connectivity index (χ0) is 27.8. The third kappa shape index (κ3) is 5.03. The number of carbonyl (C=O) groups is 1. The largest absolute Gasteiger partial charge is 0.489 e. The van der Waals surface area contributed by atoms with Crippen molar-refractivity contribution in [3.8, 4) is 11.8 Å². The number of anilines is 1. The Morgan fingerprint density at radius 1 is 1.00 bits per heavy atom. The maximum atomic E-state index is 13.6. The minimum atomic E-state index is -0.551. The van der Waals surface area contributed by atoms with Gasteiger partial charge in [0.05, 0.1) is 17.6 Å². The molecule has 198 valence electrons. The highest BCUT2D eigenvalue weighted by atomic mass is 35.5. The van der Waals surface area contributed by atoms with Gasteiger partial charge < -0.3 is 10.5 Å². The second-order valence-electron chi connectivity index (χ2n) is 10.1. The number of nitrogens with zero attached hydrogens (tertiary/aromatic N) is 2. The molecule has 5 rings (SSSR count). The van der Waals surface area contributed by atoms with Crippen molar-refractivity contribution in [1.29, 1.82) is 5.26 Å². The average molecular weight is 559 g/mol. The van der Waals surface area contributed by atoms with Crippen LogP contribution < -0.4 is 15.4 Å². The number of rotatable bonds is 5. The number of hydrogen-bond acceptors (Lipinski definition) is 5. The summed E-state index contributed by atoms with van der Waals surface area (Å²) in [6, 6.07) is 19.4. The minimum Gasteiger partial charge on any atom is -0.489 e. The van der Waals surface area contributed by atoms with E-state index in [0.29, 0.717) is 52.2 Å². The summed E-state index contributed by atoms with van der Waals surface area (Å²) in [5.41, 5.74) is 14.2. The van der Waals surface area contributed by atoms with E-state index in [1.54, 1.807) is 12.1 Å². The molecule has 0 saturated heterocycles. The fourth-order valence-electron chi connectivity index (χ4n) is 5.49. The maximum Gasteiger partial charge on any atom is 0.161 e. The number of aryl methyl sites for hydroxylation is 3. The maximum absolute atomic E-state index is 13.6. The predicted molar refractivity (Wildman–Crippen MR) is 156 cm³/mol.